The van der Waals surface area contributed by atoms with E-state index >= 15 is 0 Å². The molecule has 0 saturated carbocycles. The lowest BCUT2D eigenvalue weighted by molar-refractivity contribution is -0.384. The van der Waals surface area contributed by atoms with Crippen molar-refractivity contribution in [3.63, 3.8) is 0 Å². The number of thiophene rings is 1. The maximum atomic E-state index is 12.7. The van der Waals surface area contributed by atoms with Gasteiger partial charge in [-0.3, -0.25) is 19.7 Å². The van der Waals surface area contributed by atoms with E-state index < -0.39 is 29.1 Å². The Labute approximate surface area is 250 Å². The number of carbonyl (C=O) groups excluding carboxylic acids is 2. The molecule has 0 amide bonds. The Hall–Kier alpha value is -4.41. The van der Waals surface area contributed by atoms with Gasteiger partial charge in [0.15, 0.2) is 0 Å². The highest BCUT2D eigenvalue weighted by molar-refractivity contribution is 7.17. The summed E-state index contributed by atoms with van der Waals surface area (Å²) < 4.78 is 13.4. The van der Waals surface area contributed by atoms with Gasteiger partial charge in [-0.1, -0.05) is 23.7 Å². The number of nitrogens with two attached hydrogens (primary N) is 1. The minimum absolute atomic E-state index is 0.0457. The average Bonchev–Trinajstić information content (AvgIpc) is 3.48. The van der Waals surface area contributed by atoms with Crippen molar-refractivity contribution in [2.75, 3.05) is 12.5 Å². The second-order valence-corrected chi connectivity index (χ2v) is 12.3. The first-order valence-electron chi connectivity index (χ1n) is 13.0. The second kappa shape index (κ2) is 11.5. The Balaban J connectivity index is 1.51. The number of nitrogens with zero attached hydrogens (tertiary/aromatic N) is 2. The summed E-state index contributed by atoms with van der Waals surface area (Å²) in [5.74, 6) is -1.01. The molecule has 0 saturated heterocycles. The van der Waals surface area contributed by atoms with Crippen LogP contribution in [0.1, 0.15) is 31.9 Å². The van der Waals surface area contributed by atoms with Gasteiger partial charge in [0.2, 0.25) is 6.79 Å². The number of fused-ring (bicyclic) bond motifs is 2. The first kappa shape index (κ1) is 29.1. The van der Waals surface area contributed by atoms with E-state index in [4.69, 9.17) is 26.8 Å². The molecule has 0 aliphatic carbocycles. The fourth-order valence-electron chi connectivity index (χ4n) is 4.66. The van der Waals surface area contributed by atoms with Crippen molar-refractivity contribution < 1.29 is 24.0 Å². The fraction of sp³-hybridized carbons (Fsp3) is 0.226. The molecular formula is C31H28ClN3O6S. The number of aromatic nitrogens is 1. The number of nitro benzene ring substituents is 1. The van der Waals surface area contributed by atoms with Crippen LogP contribution < -0.4 is 5.73 Å². The molecule has 0 fully saturated rings. The maximum Gasteiger partial charge on any atom is 0.314 e. The van der Waals surface area contributed by atoms with E-state index in [0.717, 1.165) is 37.7 Å². The molecule has 3 aromatic carbocycles. The van der Waals surface area contributed by atoms with Crippen molar-refractivity contribution >= 4 is 67.2 Å². The number of hydrogen-bond acceptors (Lipinski definition) is 8. The van der Waals surface area contributed by atoms with E-state index in [1.807, 2.05) is 47.2 Å². The molecule has 5 rings (SSSR count). The molecule has 0 radical (unpaired) electrons. The van der Waals surface area contributed by atoms with Gasteiger partial charge in [-0.15, -0.1) is 11.3 Å². The van der Waals surface area contributed by atoms with Gasteiger partial charge in [-0.2, -0.15) is 0 Å². The Kier molecular flexibility index (Phi) is 7.94. The monoisotopic (exact) mass is 605 g/mol. The van der Waals surface area contributed by atoms with Gasteiger partial charge in [-0.05, 0) is 84.1 Å². The van der Waals surface area contributed by atoms with Crippen LogP contribution in [0.3, 0.4) is 0 Å². The molecule has 11 heteroatoms. The highest BCUT2D eigenvalue weighted by atomic mass is 35.5. The van der Waals surface area contributed by atoms with Gasteiger partial charge in [0.05, 0.1) is 16.8 Å². The van der Waals surface area contributed by atoms with E-state index in [0.29, 0.717) is 17.1 Å². The summed E-state index contributed by atoms with van der Waals surface area (Å²) >= 11 is 7.90. The van der Waals surface area contributed by atoms with Crippen LogP contribution >= 0.6 is 22.9 Å². The molecule has 2 N–H and O–H groups in total. The zero-order chi connectivity index (χ0) is 30.2. The van der Waals surface area contributed by atoms with E-state index in [2.05, 4.69) is 5.38 Å². The standard InChI is InChI=1S/C31H28ClN3O6S/c1-31(2,3)30(37)41-17-40-29(36)11-20-14-34(15-21-16-42-28-7-5-22(32)12-26(21)28)27-10-18(4-6-25(20)27)19-8-23(33)13-24(9-19)35(38)39/h4-10,12-14,16H,11,15,17,33H2,1-3H3. The highest BCUT2D eigenvalue weighted by Crippen LogP contribution is 2.34. The number of nitro groups is 1. The van der Waals surface area contributed by atoms with Crippen LogP contribution in [0.15, 0.2) is 66.2 Å². The minimum Gasteiger partial charge on any atom is -0.428 e. The zero-order valence-electron chi connectivity index (χ0n) is 23.2. The van der Waals surface area contributed by atoms with E-state index in [1.54, 1.807) is 38.2 Å². The third-order valence-electron chi connectivity index (χ3n) is 6.76. The smallest absolute Gasteiger partial charge is 0.314 e. The average molecular weight is 606 g/mol. The zero-order valence-corrected chi connectivity index (χ0v) is 24.8. The van der Waals surface area contributed by atoms with Crippen molar-refractivity contribution in [2.24, 2.45) is 5.41 Å². The number of esters is 2. The van der Waals surface area contributed by atoms with Crippen molar-refractivity contribution in [1.29, 1.82) is 0 Å². The number of ether oxygens (including phenoxy) is 2. The number of benzene rings is 3. The molecule has 9 nitrogen and oxygen atoms in total. The van der Waals surface area contributed by atoms with Gasteiger partial charge in [0.1, 0.15) is 0 Å². The number of anilines is 1. The Morgan fingerprint density at radius 2 is 1.79 bits per heavy atom. The van der Waals surface area contributed by atoms with Crippen LogP contribution in [-0.2, 0) is 32.0 Å². The third kappa shape index (κ3) is 6.24. The molecule has 42 heavy (non-hydrogen) atoms. The summed E-state index contributed by atoms with van der Waals surface area (Å²) in [6.07, 6.45) is 1.85. The second-order valence-electron chi connectivity index (χ2n) is 11.0. The van der Waals surface area contributed by atoms with Crippen molar-refractivity contribution in [3.05, 3.63) is 92.4 Å². The van der Waals surface area contributed by atoms with Gasteiger partial charge in [0, 0.05) is 51.2 Å². The SMILES string of the molecule is CC(C)(C)C(=O)OCOC(=O)Cc1cn(Cc2csc3ccc(Cl)cc23)c2cc(-c3cc(N)cc([N+](=O)[O-])c3)ccc12. The topological polar surface area (TPSA) is 127 Å². The molecule has 2 aromatic heterocycles. The predicted octanol–water partition coefficient (Wildman–Crippen LogP) is 7.35. The van der Waals surface area contributed by atoms with Crippen LogP contribution in [0, 0.1) is 15.5 Å². The van der Waals surface area contributed by atoms with E-state index in [-0.39, 0.29) is 17.8 Å². The summed E-state index contributed by atoms with van der Waals surface area (Å²) in [5, 5.41) is 16.0. The van der Waals surface area contributed by atoms with Crippen LogP contribution in [0.4, 0.5) is 11.4 Å². The quantitative estimate of drug-likeness (QED) is 0.0644. The predicted molar refractivity (Wildman–Crippen MR) is 165 cm³/mol. The lowest BCUT2D eigenvalue weighted by Crippen LogP contribution is -2.25. The molecule has 5 aromatic rings. The van der Waals surface area contributed by atoms with E-state index in [1.165, 1.54) is 12.1 Å². The minimum atomic E-state index is -0.711. The maximum absolute atomic E-state index is 12.7. The van der Waals surface area contributed by atoms with E-state index in [9.17, 15) is 19.7 Å². The molecular weight excluding hydrogens is 578 g/mol. The molecule has 2 heterocycles. The van der Waals surface area contributed by atoms with Crippen molar-refractivity contribution in [3.8, 4) is 11.1 Å². The lowest BCUT2D eigenvalue weighted by Gasteiger charge is -2.16. The number of halogens is 1. The number of hydrogen-bond donors (Lipinski definition) is 1. The highest BCUT2D eigenvalue weighted by Gasteiger charge is 2.23. The number of rotatable bonds is 8. The Morgan fingerprint density at radius 3 is 2.52 bits per heavy atom. The van der Waals surface area contributed by atoms with Gasteiger partial charge >= 0.3 is 11.9 Å². The first-order chi connectivity index (χ1) is 19.9. The lowest BCUT2D eigenvalue weighted by atomic mass is 9.98. The third-order valence-corrected chi connectivity index (χ3v) is 8.01. The number of nitrogen functional groups attached to an aromatic ring is 1. The van der Waals surface area contributed by atoms with Gasteiger partial charge in [0.25, 0.3) is 5.69 Å². The van der Waals surface area contributed by atoms with Crippen LogP contribution in [0.5, 0.6) is 0 Å². The largest absolute Gasteiger partial charge is 0.428 e. The van der Waals surface area contributed by atoms with Gasteiger partial charge < -0.3 is 19.8 Å². The Bertz CT molecular complexity index is 1850. The molecule has 0 aliphatic heterocycles. The van der Waals surface area contributed by atoms with Crippen LogP contribution in [0.25, 0.3) is 32.1 Å². The van der Waals surface area contributed by atoms with Crippen LogP contribution in [0.2, 0.25) is 5.02 Å². The molecule has 0 atom stereocenters. The molecule has 0 aliphatic rings. The summed E-state index contributed by atoms with van der Waals surface area (Å²) in [6.45, 7) is 5.18. The van der Waals surface area contributed by atoms with Crippen molar-refractivity contribution in [1.82, 2.24) is 4.57 Å². The molecule has 0 unspecified atom stereocenters. The number of carbonyl (C=O) groups is 2. The number of non-ortho nitro benzene ring substituents is 1. The van der Waals surface area contributed by atoms with Crippen molar-refractivity contribution in [2.45, 2.75) is 33.7 Å². The summed E-state index contributed by atoms with van der Waals surface area (Å²) in [6, 6.07) is 15.9. The normalized spacial score (nSPS) is 11.6. The molecule has 216 valence electrons. The van der Waals surface area contributed by atoms with Gasteiger partial charge in [-0.25, -0.2) is 0 Å². The summed E-state index contributed by atoms with van der Waals surface area (Å²) in [5.41, 5.74) is 9.38. The van der Waals surface area contributed by atoms with Crippen LogP contribution in [-0.4, -0.2) is 28.2 Å². The summed E-state index contributed by atoms with van der Waals surface area (Å²) in [7, 11) is 0. The fourth-order valence-corrected chi connectivity index (χ4v) is 5.76. The summed E-state index contributed by atoms with van der Waals surface area (Å²) in [4.78, 5) is 35.7. The first-order valence-corrected chi connectivity index (χ1v) is 14.3. The molecule has 0 spiro atoms. The molecule has 0 bridgehead atoms. The Morgan fingerprint density at radius 1 is 1.00 bits per heavy atom.